The van der Waals surface area contributed by atoms with E-state index in [1.807, 2.05) is 6.92 Å². The van der Waals surface area contributed by atoms with E-state index < -0.39 is 5.97 Å². The van der Waals surface area contributed by atoms with E-state index in [0.29, 0.717) is 6.54 Å². The van der Waals surface area contributed by atoms with Crippen molar-refractivity contribution < 1.29 is 9.90 Å². The van der Waals surface area contributed by atoms with Gasteiger partial charge in [-0.2, -0.15) is 0 Å². The monoisotopic (exact) mass is 205 g/mol. The van der Waals surface area contributed by atoms with Gasteiger partial charge in [0.15, 0.2) is 5.96 Å². The van der Waals surface area contributed by atoms with E-state index >= 15 is 0 Å². The summed E-state index contributed by atoms with van der Waals surface area (Å²) in [5.41, 5.74) is 5.07. The summed E-state index contributed by atoms with van der Waals surface area (Å²) in [4.78, 5) is 10.2. The van der Waals surface area contributed by atoms with Crippen molar-refractivity contribution in [3.63, 3.8) is 0 Å². The van der Waals surface area contributed by atoms with Gasteiger partial charge < -0.3 is 16.2 Å². The van der Waals surface area contributed by atoms with Crippen LogP contribution < -0.4 is 11.1 Å². The number of hydrogen-bond acceptors (Lipinski definition) is 3. The average Bonchev–Trinajstić information content (AvgIpc) is 2.00. The van der Waals surface area contributed by atoms with Crippen LogP contribution in [0.1, 0.15) is 13.3 Å². The molecule has 0 saturated heterocycles. The van der Waals surface area contributed by atoms with Crippen LogP contribution in [0.25, 0.3) is 0 Å². The van der Waals surface area contributed by atoms with Crippen molar-refractivity contribution >= 4 is 23.7 Å². The molecule has 0 aromatic carbocycles. The number of guanidine groups is 1. The molecule has 0 bridgehead atoms. The van der Waals surface area contributed by atoms with Gasteiger partial charge in [0, 0.05) is 11.8 Å². The van der Waals surface area contributed by atoms with Crippen molar-refractivity contribution in [2.75, 3.05) is 12.3 Å². The third-order valence-electron chi connectivity index (χ3n) is 1.36. The van der Waals surface area contributed by atoms with Crippen molar-refractivity contribution in [1.29, 1.82) is 5.41 Å². The van der Waals surface area contributed by atoms with Crippen molar-refractivity contribution in [1.82, 2.24) is 5.32 Å². The predicted molar refractivity (Wildman–Crippen MR) is 54.1 cm³/mol. The van der Waals surface area contributed by atoms with E-state index in [0.717, 1.165) is 6.42 Å². The molecule has 5 nitrogen and oxygen atoms in total. The zero-order valence-corrected chi connectivity index (χ0v) is 8.36. The van der Waals surface area contributed by atoms with E-state index in [-0.39, 0.29) is 17.0 Å². The topological polar surface area (TPSA) is 99.2 Å². The molecule has 0 aliphatic heterocycles. The Bertz CT molecular complexity index is 187. The summed E-state index contributed by atoms with van der Waals surface area (Å²) in [7, 11) is 0. The molecule has 0 aromatic heterocycles. The molecule has 76 valence electrons. The number of thioether (sulfide) groups is 1. The molecule has 5 N–H and O–H groups in total. The van der Waals surface area contributed by atoms with E-state index in [1.165, 1.54) is 11.8 Å². The van der Waals surface area contributed by atoms with Gasteiger partial charge in [0.25, 0.3) is 0 Å². The summed E-state index contributed by atoms with van der Waals surface area (Å²) in [6.07, 6.45) is 0.803. The maximum Gasteiger partial charge on any atom is 0.313 e. The van der Waals surface area contributed by atoms with Gasteiger partial charge in [-0.05, 0) is 6.42 Å². The van der Waals surface area contributed by atoms with Crippen LogP contribution in [0.5, 0.6) is 0 Å². The van der Waals surface area contributed by atoms with Gasteiger partial charge in [-0.15, -0.1) is 11.8 Å². The summed E-state index contributed by atoms with van der Waals surface area (Å²) >= 11 is 1.39. The first-order chi connectivity index (χ1) is 6.02. The Morgan fingerprint density at radius 3 is 2.85 bits per heavy atom. The number of carboxylic acids is 1. The summed E-state index contributed by atoms with van der Waals surface area (Å²) < 4.78 is 0. The van der Waals surface area contributed by atoms with Crippen LogP contribution in [0, 0.1) is 5.41 Å². The second-order valence-corrected chi connectivity index (χ2v) is 4.07. The Morgan fingerprint density at radius 1 is 1.77 bits per heavy atom. The Kier molecular flexibility index (Phi) is 6.13. The van der Waals surface area contributed by atoms with E-state index in [2.05, 4.69) is 5.32 Å². The minimum atomic E-state index is -0.795. The molecule has 0 saturated carbocycles. The lowest BCUT2D eigenvalue weighted by Gasteiger charge is -2.09. The summed E-state index contributed by atoms with van der Waals surface area (Å²) in [5.74, 6) is -0.715. The lowest BCUT2D eigenvalue weighted by Crippen LogP contribution is -2.32. The molecule has 0 aromatic rings. The maximum absolute atomic E-state index is 10.2. The fraction of sp³-hybridized carbons (Fsp3) is 0.714. The van der Waals surface area contributed by atoms with Gasteiger partial charge >= 0.3 is 5.97 Å². The molecule has 0 heterocycles. The van der Waals surface area contributed by atoms with Crippen LogP contribution in [0.15, 0.2) is 0 Å². The Morgan fingerprint density at radius 2 is 2.38 bits per heavy atom. The number of nitrogens with one attached hydrogen (secondary N) is 2. The molecule has 6 heteroatoms. The molecule has 0 amide bonds. The van der Waals surface area contributed by atoms with Crippen molar-refractivity contribution in [3.05, 3.63) is 0 Å². The molecule has 0 fully saturated rings. The molecular weight excluding hydrogens is 190 g/mol. The SMILES string of the molecule is CC(CCNC(=N)N)SCC(=O)O. The zero-order valence-electron chi connectivity index (χ0n) is 7.54. The molecule has 1 atom stereocenters. The normalized spacial score (nSPS) is 12.1. The van der Waals surface area contributed by atoms with Gasteiger partial charge in [-0.1, -0.05) is 6.92 Å². The number of carboxylic acid groups (broad SMARTS) is 1. The molecule has 0 rings (SSSR count). The Labute approximate surface area is 81.6 Å². The zero-order chi connectivity index (χ0) is 10.3. The van der Waals surface area contributed by atoms with Gasteiger partial charge in [0.05, 0.1) is 5.75 Å². The molecule has 0 spiro atoms. The standard InChI is InChI=1S/C7H15N3O2S/c1-5(13-4-6(11)12)2-3-10-7(8)9/h5H,2-4H2,1H3,(H,11,12)(H4,8,9,10). The summed E-state index contributed by atoms with van der Waals surface area (Å²) in [6, 6.07) is 0. The second kappa shape index (κ2) is 6.59. The van der Waals surface area contributed by atoms with Crippen LogP contribution in [-0.4, -0.2) is 34.6 Å². The van der Waals surface area contributed by atoms with Crippen LogP contribution >= 0.6 is 11.8 Å². The molecular formula is C7H15N3O2S. The first kappa shape index (κ1) is 12.1. The minimum Gasteiger partial charge on any atom is -0.481 e. The highest BCUT2D eigenvalue weighted by Gasteiger charge is 2.05. The Balaban J connectivity index is 3.35. The average molecular weight is 205 g/mol. The van der Waals surface area contributed by atoms with Crippen molar-refractivity contribution in [2.45, 2.75) is 18.6 Å². The highest BCUT2D eigenvalue weighted by molar-refractivity contribution is 8.00. The van der Waals surface area contributed by atoms with Gasteiger partial charge in [-0.25, -0.2) is 0 Å². The van der Waals surface area contributed by atoms with E-state index in [1.54, 1.807) is 0 Å². The van der Waals surface area contributed by atoms with E-state index in [9.17, 15) is 4.79 Å². The fourth-order valence-corrected chi connectivity index (χ4v) is 1.42. The van der Waals surface area contributed by atoms with Crippen LogP contribution in [-0.2, 0) is 4.79 Å². The third kappa shape index (κ3) is 9.00. The lowest BCUT2D eigenvalue weighted by molar-refractivity contribution is -0.133. The quantitative estimate of drug-likeness (QED) is 0.363. The largest absolute Gasteiger partial charge is 0.481 e. The molecule has 0 aliphatic rings. The number of hydrogen-bond donors (Lipinski definition) is 4. The number of carbonyl (C=O) groups is 1. The number of nitrogens with two attached hydrogens (primary N) is 1. The first-order valence-corrected chi connectivity index (χ1v) is 4.98. The Hall–Kier alpha value is -0.910. The van der Waals surface area contributed by atoms with Gasteiger partial charge in [0.2, 0.25) is 0 Å². The molecule has 0 radical (unpaired) electrons. The lowest BCUT2D eigenvalue weighted by atomic mass is 10.3. The van der Waals surface area contributed by atoms with Crippen LogP contribution in [0.4, 0.5) is 0 Å². The molecule has 1 unspecified atom stereocenters. The second-order valence-electron chi connectivity index (χ2n) is 2.64. The minimum absolute atomic E-state index is 0.0459. The molecule has 13 heavy (non-hydrogen) atoms. The van der Waals surface area contributed by atoms with Crippen molar-refractivity contribution in [3.8, 4) is 0 Å². The van der Waals surface area contributed by atoms with Crippen molar-refractivity contribution in [2.24, 2.45) is 5.73 Å². The highest BCUT2D eigenvalue weighted by atomic mass is 32.2. The predicted octanol–water partition coefficient (Wildman–Crippen LogP) is 0.0659. The van der Waals surface area contributed by atoms with Crippen LogP contribution in [0.3, 0.4) is 0 Å². The summed E-state index contributed by atoms with van der Waals surface area (Å²) in [6.45, 7) is 2.57. The maximum atomic E-state index is 10.2. The number of aliphatic carboxylic acids is 1. The smallest absolute Gasteiger partial charge is 0.313 e. The van der Waals surface area contributed by atoms with Gasteiger partial charge in [-0.3, -0.25) is 10.2 Å². The van der Waals surface area contributed by atoms with Gasteiger partial charge in [0.1, 0.15) is 0 Å². The first-order valence-electron chi connectivity index (χ1n) is 3.93. The van der Waals surface area contributed by atoms with E-state index in [4.69, 9.17) is 16.2 Å². The fourth-order valence-electron chi connectivity index (χ4n) is 0.707. The number of rotatable bonds is 6. The van der Waals surface area contributed by atoms with Crippen LogP contribution in [0.2, 0.25) is 0 Å². The summed E-state index contributed by atoms with van der Waals surface area (Å²) in [5, 5.41) is 18.2. The highest BCUT2D eigenvalue weighted by Crippen LogP contribution is 2.12. The molecule has 0 aliphatic carbocycles. The third-order valence-corrected chi connectivity index (χ3v) is 2.58.